The van der Waals surface area contributed by atoms with Crippen molar-refractivity contribution in [2.75, 3.05) is 20.0 Å². The molecular weight excluding hydrogens is 524 g/mol. The van der Waals surface area contributed by atoms with Crippen LogP contribution < -0.4 is 33.8 Å². The number of rotatable bonds is 7. The number of thiazole rings is 1. The molecule has 0 saturated heterocycles. The van der Waals surface area contributed by atoms with E-state index in [-0.39, 0.29) is 24.5 Å². The van der Waals surface area contributed by atoms with Gasteiger partial charge in [-0.05, 0) is 62.2 Å². The molecule has 11 heteroatoms. The van der Waals surface area contributed by atoms with E-state index in [2.05, 4.69) is 4.99 Å². The number of carbonyl (C=O) groups excluding carboxylic acids is 2. The van der Waals surface area contributed by atoms with E-state index in [0.29, 0.717) is 55.8 Å². The van der Waals surface area contributed by atoms with E-state index in [9.17, 15) is 14.4 Å². The molecule has 0 aliphatic carbocycles. The molecule has 0 N–H and O–H groups in total. The Balaban J connectivity index is 1.66. The molecule has 39 heavy (non-hydrogen) atoms. The highest BCUT2D eigenvalue weighted by Crippen LogP contribution is 2.38. The zero-order valence-electron chi connectivity index (χ0n) is 21.8. The van der Waals surface area contributed by atoms with Gasteiger partial charge in [0.1, 0.15) is 0 Å². The van der Waals surface area contributed by atoms with Crippen LogP contribution in [0, 0.1) is 0 Å². The number of allylic oxidation sites excluding steroid dienone is 1. The summed E-state index contributed by atoms with van der Waals surface area (Å²) in [7, 11) is 0. The van der Waals surface area contributed by atoms with Crippen molar-refractivity contribution in [2.45, 2.75) is 33.7 Å². The molecular formula is C28H26N2O8S. The van der Waals surface area contributed by atoms with Crippen molar-refractivity contribution in [3.63, 3.8) is 0 Å². The molecule has 0 radical (unpaired) electrons. The van der Waals surface area contributed by atoms with Crippen molar-refractivity contribution in [3.05, 3.63) is 78.5 Å². The molecule has 3 aromatic rings. The van der Waals surface area contributed by atoms with Gasteiger partial charge in [-0.3, -0.25) is 14.2 Å². The number of esters is 2. The third-order valence-electron chi connectivity index (χ3n) is 6.05. The predicted octanol–water partition coefficient (Wildman–Crippen LogP) is 2.85. The van der Waals surface area contributed by atoms with E-state index in [0.717, 1.165) is 0 Å². The lowest BCUT2D eigenvalue weighted by molar-refractivity contribution is -0.139. The second-order valence-corrected chi connectivity index (χ2v) is 9.66. The van der Waals surface area contributed by atoms with E-state index in [1.54, 1.807) is 56.3 Å². The monoisotopic (exact) mass is 550 g/mol. The number of nitrogens with zero attached hydrogens (tertiary/aromatic N) is 2. The normalized spacial score (nSPS) is 16.0. The molecule has 3 heterocycles. The topological polar surface area (TPSA) is 115 Å². The molecule has 0 amide bonds. The van der Waals surface area contributed by atoms with Gasteiger partial charge in [0, 0.05) is 6.92 Å². The van der Waals surface area contributed by atoms with Crippen molar-refractivity contribution in [2.24, 2.45) is 4.99 Å². The highest BCUT2D eigenvalue weighted by molar-refractivity contribution is 7.07. The fourth-order valence-corrected chi connectivity index (χ4v) is 5.51. The van der Waals surface area contributed by atoms with Crippen LogP contribution in [0.2, 0.25) is 0 Å². The fraction of sp³-hybridized carbons (Fsp3) is 0.286. The van der Waals surface area contributed by atoms with E-state index < -0.39 is 18.0 Å². The Morgan fingerprint density at radius 2 is 1.90 bits per heavy atom. The number of hydrogen-bond donors (Lipinski definition) is 0. The lowest BCUT2D eigenvalue weighted by Gasteiger charge is -2.24. The second-order valence-electron chi connectivity index (χ2n) is 8.65. The summed E-state index contributed by atoms with van der Waals surface area (Å²) in [6, 6.07) is 9.59. The minimum atomic E-state index is -0.776. The molecule has 1 atom stereocenters. The third-order valence-corrected chi connectivity index (χ3v) is 7.03. The van der Waals surface area contributed by atoms with Gasteiger partial charge in [0.25, 0.3) is 5.56 Å². The minimum Gasteiger partial charge on any atom is -0.490 e. The molecule has 1 aromatic heterocycles. The quantitative estimate of drug-likeness (QED) is 0.326. The molecule has 0 bridgehead atoms. The van der Waals surface area contributed by atoms with Crippen molar-refractivity contribution in [1.82, 2.24) is 4.57 Å². The molecule has 0 unspecified atom stereocenters. The van der Waals surface area contributed by atoms with E-state index >= 15 is 0 Å². The zero-order valence-corrected chi connectivity index (χ0v) is 22.6. The maximum absolute atomic E-state index is 13.8. The van der Waals surface area contributed by atoms with Crippen LogP contribution in [0.3, 0.4) is 0 Å². The number of benzene rings is 2. The van der Waals surface area contributed by atoms with Gasteiger partial charge in [0.05, 0.1) is 35.1 Å². The predicted molar refractivity (Wildman–Crippen MR) is 142 cm³/mol. The largest absolute Gasteiger partial charge is 0.490 e. The lowest BCUT2D eigenvalue weighted by Crippen LogP contribution is -2.39. The third kappa shape index (κ3) is 5.05. The maximum atomic E-state index is 13.8. The van der Waals surface area contributed by atoms with Gasteiger partial charge in [0.2, 0.25) is 6.79 Å². The number of aromatic nitrogens is 1. The van der Waals surface area contributed by atoms with Crippen LogP contribution in [0.1, 0.15) is 44.9 Å². The Morgan fingerprint density at radius 1 is 1.10 bits per heavy atom. The maximum Gasteiger partial charge on any atom is 0.338 e. The summed E-state index contributed by atoms with van der Waals surface area (Å²) in [5.74, 6) is 0.787. The van der Waals surface area contributed by atoms with Crippen molar-refractivity contribution < 1.29 is 33.3 Å². The van der Waals surface area contributed by atoms with Gasteiger partial charge < -0.3 is 23.7 Å². The van der Waals surface area contributed by atoms with Crippen molar-refractivity contribution >= 4 is 29.4 Å². The highest BCUT2D eigenvalue weighted by Gasteiger charge is 2.34. The molecule has 2 aliphatic heterocycles. The first kappa shape index (κ1) is 26.2. The second kappa shape index (κ2) is 10.8. The van der Waals surface area contributed by atoms with Gasteiger partial charge in [-0.15, -0.1) is 0 Å². The van der Waals surface area contributed by atoms with Gasteiger partial charge in [-0.2, -0.15) is 0 Å². The first-order valence-corrected chi connectivity index (χ1v) is 13.2. The molecule has 10 nitrogen and oxygen atoms in total. The molecule has 2 aromatic carbocycles. The fourth-order valence-electron chi connectivity index (χ4n) is 4.46. The van der Waals surface area contributed by atoms with Crippen LogP contribution in [0.4, 0.5) is 0 Å². The standard InChI is InChI=1S/C28H26N2O8S/c1-5-34-21-11-17(7-9-20(21)38-16(4)31)12-23-26(32)30-25(18-8-10-19-22(13-18)37-14-36-19)24(27(33)35-6-2)15(3)29-28(30)39-23/h7-13,25H,5-6,14H2,1-4H3/b23-12-/t25-/m0/s1. The number of ether oxygens (including phenoxy) is 5. The average molecular weight is 551 g/mol. The molecule has 5 rings (SSSR count). The van der Waals surface area contributed by atoms with Gasteiger partial charge in [0.15, 0.2) is 27.8 Å². The zero-order chi connectivity index (χ0) is 27.7. The molecule has 0 saturated carbocycles. The highest BCUT2D eigenvalue weighted by atomic mass is 32.1. The Bertz CT molecular complexity index is 1680. The van der Waals surface area contributed by atoms with Gasteiger partial charge in [-0.1, -0.05) is 23.5 Å². The Labute approximate surface area is 227 Å². The van der Waals surface area contributed by atoms with Crippen LogP contribution in [0.5, 0.6) is 23.0 Å². The number of hydrogen-bond acceptors (Lipinski definition) is 10. The number of carbonyl (C=O) groups is 2. The summed E-state index contributed by atoms with van der Waals surface area (Å²) in [5, 5.41) is 0. The van der Waals surface area contributed by atoms with E-state index in [1.165, 1.54) is 22.8 Å². The van der Waals surface area contributed by atoms with Crippen LogP contribution >= 0.6 is 11.3 Å². The summed E-state index contributed by atoms with van der Waals surface area (Å²) in [5.41, 5.74) is 1.75. The first-order chi connectivity index (χ1) is 18.8. The lowest BCUT2D eigenvalue weighted by atomic mass is 9.95. The van der Waals surface area contributed by atoms with Gasteiger partial charge in [-0.25, -0.2) is 9.79 Å². The van der Waals surface area contributed by atoms with Crippen molar-refractivity contribution in [1.29, 1.82) is 0 Å². The van der Waals surface area contributed by atoms with Crippen LogP contribution in [-0.2, 0) is 14.3 Å². The molecule has 0 spiro atoms. The van der Waals surface area contributed by atoms with Crippen molar-refractivity contribution in [3.8, 4) is 23.0 Å². The Morgan fingerprint density at radius 3 is 2.64 bits per heavy atom. The summed E-state index contributed by atoms with van der Waals surface area (Å²) < 4.78 is 29.1. The average Bonchev–Trinajstić information content (AvgIpc) is 3.48. The molecule has 0 fully saturated rings. The first-order valence-electron chi connectivity index (χ1n) is 12.3. The molecule has 202 valence electrons. The molecule has 2 aliphatic rings. The Hall–Kier alpha value is -4.38. The smallest absolute Gasteiger partial charge is 0.338 e. The van der Waals surface area contributed by atoms with Crippen LogP contribution in [0.15, 0.2) is 57.5 Å². The van der Waals surface area contributed by atoms with E-state index in [1.807, 2.05) is 6.92 Å². The van der Waals surface area contributed by atoms with Crippen LogP contribution in [-0.4, -0.2) is 36.5 Å². The van der Waals surface area contributed by atoms with Crippen LogP contribution in [0.25, 0.3) is 6.08 Å². The minimum absolute atomic E-state index is 0.0983. The van der Waals surface area contributed by atoms with Gasteiger partial charge >= 0.3 is 11.9 Å². The van der Waals surface area contributed by atoms with E-state index in [4.69, 9.17) is 23.7 Å². The summed E-state index contributed by atoms with van der Waals surface area (Å²) in [4.78, 5) is 43.4. The summed E-state index contributed by atoms with van der Waals surface area (Å²) >= 11 is 1.21. The Kier molecular flexibility index (Phi) is 7.25. The number of fused-ring (bicyclic) bond motifs is 2. The summed E-state index contributed by atoms with van der Waals surface area (Å²) in [6.45, 7) is 7.23. The SMILES string of the molecule is CCOC(=O)C1=C(C)N=c2s/c(=C\c3ccc(OC(C)=O)c(OCC)c3)c(=O)n2[C@H]1c1ccc2c(c1)OCO2. The summed E-state index contributed by atoms with van der Waals surface area (Å²) in [6.07, 6.45) is 1.71.